The van der Waals surface area contributed by atoms with Crippen LogP contribution in [-0.2, 0) is 4.79 Å². The lowest BCUT2D eigenvalue weighted by Gasteiger charge is -2.10. The smallest absolute Gasteiger partial charge is 0.306 e. The summed E-state index contributed by atoms with van der Waals surface area (Å²) in [7, 11) is 0. The molecule has 0 spiro atoms. The molecular formula is C21H40O3. The van der Waals surface area contributed by atoms with E-state index in [0.717, 1.165) is 25.7 Å². The van der Waals surface area contributed by atoms with E-state index in [1.165, 1.54) is 57.8 Å². The van der Waals surface area contributed by atoms with Crippen molar-refractivity contribution in [3.8, 4) is 0 Å². The molecule has 0 aromatic heterocycles. The zero-order valence-electron chi connectivity index (χ0n) is 15.8. The first-order valence-electron chi connectivity index (χ1n) is 10.2. The molecule has 0 amide bonds. The van der Waals surface area contributed by atoms with E-state index in [4.69, 9.17) is 10.2 Å². The van der Waals surface area contributed by atoms with Crippen molar-refractivity contribution in [3.05, 3.63) is 12.2 Å². The molecule has 0 aliphatic heterocycles. The third-order valence-electron chi connectivity index (χ3n) is 4.62. The van der Waals surface area contributed by atoms with Crippen LogP contribution in [0, 0.1) is 5.92 Å². The number of carbonyl (C=O) groups is 1. The van der Waals surface area contributed by atoms with Crippen LogP contribution in [0.4, 0.5) is 0 Å². The average molecular weight is 341 g/mol. The quantitative estimate of drug-likeness (QED) is 0.234. The van der Waals surface area contributed by atoms with Gasteiger partial charge in [0.05, 0.1) is 5.92 Å². The molecule has 0 aliphatic carbocycles. The molecule has 1 unspecified atom stereocenters. The summed E-state index contributed by atoms with van der Waals surface area (Å²) in [6, 6.07) is 0. The van der Waals surface area contributed by atoms with Crippen LogP contribution in [0.1, 0.15) is 103 Å². The summed E-state index contributed by atoms with van der Waals surface area (Å²) < 4.78 is 0. The van der Waals surface area contributed by atoms with E-state index in [2.05, 4.69) is 19.1 Å². The van der Waals surface area contributed by atoms with Crippen molar-refractivity contribution >= 4 is 5.97 Å². The Kier molecular flexibility index (Phi) is 17.9. The van der Waals surface area contributed by atoms with Gasteiger partial charge in [-0.1, -0.05) is 70.4 Å². The average Bonchev–Trinajstić information content (AvgIpc) is 2.57. The lowest BCUT2D eigenvalue weighted by Crippen LogP contribution is -2.14. The van der Waals surface area contributed by atoms with Gasteiger partial charge < -0.3 is 10.2 Å². The van der Waals surface area contributed by atoms with Crippen molar-refractivity contribution in [2.75, 3.05) is 6.61 Å². The first kappa shape index (κ1) is 23.2. The van der Waals surface area contributed by atoms with Crippen molar-refractivity contribution in [1.29, 1.82) is 0 Å². The number of unbranched alkanes of at least 4 members (excludes halogenated alkanes) is 10. The Hall–Kier alpha value is -0.830. The molecule has 0 rings (SSSR count). The fourth-order valence-electron chi connectivity index (χ4n) is 3.01. The summed E-state index contributed by atoms with van der Waals surface area (Å²) in [5.41, 5.74) is 0. The Balaban J connectivity index is 3.37. The number of allylic oxidation sites excluding steroid dienone is 2. The van der Waals surface area contributed by atoms with Crippen LogP contribution in [0.15, 0.2) is 12.2 Å². The minimum atomic E-state index is -0.707. The number of carboxylic acid groups (broad SMARTS) is 1. The van der Waals surface area contributed by atoms with E-state index in [1.54, 1.807) is 0 Å². The number of aliphatic hydroxyl groups excluding tert-OH is 1. The Morgan fingerprint density at radius 3 is 1.83 bits per heavy atom. The molecule has 3 heteroatoms. The third kappa shape index (κ3) is 16.0. The molecule has 0 bridgehead atoms. The zero-order valence-corrected chi connectivity index (χ0v) is 15.8. The highest BCUT2D eigenvalue weighted by Gasteiger charge is 2.15. The summed E-state index contributed by atoms with van der Waals surface area (Å²) in [6.45, 7) is 2.35. The molecule has 0 radical (unpaired) electrons. The lowest BCUT2D eigenvalue weighted by atomic mass is 9.96. The largest absolute Gasteiger partial charge is 0.481 e. The predicted molar refractivity (Wildman–Crippen MR) is 102 cm³/mol. The summed E-state index contributed by atoms with van der Waals surface area (Å²) in [6.07, 6.45) is 21.6. The van der Waals surface area contributed by atoms with Gasteiger partial charge in [-0.15, -0.1) is 0 Å². The SMILES string of the molecule is CCCCCCCC/C=C/CCCCCCC(CCCO)C(=O)O. The summed E-state index contributed by atoms with van der Waals surface area (Å²) >= 11 is 0. The van der Waals surface area contributed by atoms with Crippen molar-refractivity contribution in [1.82, 2.24) is 0 Å². The standard InChI is InChI=1S/C21H40O3/c1-2-3-4-5-6-7-8-9-10-11-12-13-14-15-17-20(21(23)24)18-16-19-22/h9-10,20,22H,2-8,11-19H2,1H3,(H,23,24)/b10-9+. The number of carboxylic acids is 1. The molecule has 0 aromatic rings. The normalized spacial score (nSPS) is 12.8. The number of aliphatic carboxylic acids is 1. The molecule has 24 heavy (non-hydrogen) atoms. The fourth-order valence-corrected chi connectivity index (χ4v) is 3.01. The van der Waals surface area contributed by atoms with Gasteiger partial charge in [0.2, 0.25) is 0 Å². The maximum atomic E-state index is 11.1. The zero-order chi connectivity index (χ0) is 17.9. The number of hydrogen-bond acceptors (Lipinski definition) is 2. The Bertz CT molecular complexity index is 299. The topological polar surface area (TPSA) is 57.5 Å². The van der Waals surface area contributed by atoms with E-state index < -0.39 is 5.97 Å². The predicted octanol–water partition coefficient (Wildman–Crippen LogP) is 6.11. The monoisotopic (exact) mass is 340 g/mol. The van der Waals surface area contributed by atoms with Gasteiger partial charge in [0, 0.05) is 6.61 Å². The Labute approximate surface area is 149 Å². The van der Waals surface area contributed by atoms with Crippen molar-refractivity contribution < 1.29 is 15.0 Å². The molecule has 0 aromatic carbocycles. The highest BCUT2D eigenvalue weighted by Crippen LogP contribution is 2.17. The number of rotatable bonds is 18. The van der Waals surface area contributed by atoms with E-state index >= 15 is 0 Å². The number of aliphatic hydroxyl groups is 1. The van der Waals surface area contributed by atoms with Crippen LogP contribution in [0.2, 0.25) is 0 Å². The molecular weight excluding hydrogens is 300 g/mol. The van der Waals surface area contributed by atoms with Gasteiger partial charge in [0.15, 0.2) is 0 Å². The van der Waals surface area contributed by atoms with Crippen LogP contribution in [0.5, 0.6) is 0 Å². The van der Waals surface area contributed by atoms with Crippen molar-refractivity contribution in [2.45, 2.75) is 103 Å². The van der Waals surface area contributed by atoms with Crippen molar-refractivity contribution in [3.63, 3.8) is 0 Å². The molecule has 0 saturated heterocycles. The van der Waals surface area contributed by atoms with E-state index in [1.807, 2.05) is 0 Å². The minimum absolute atomic E-state index is 0.0921. The second-order valence-corrected chi connectivity index (χ2v) is 6.92. The van der Waals surface area contributed by atoms with E-state index in [9.17, 15) is 4.79 Å². The first-order chi connectivity index (χ1) is 11.7. The second kappa shape index (κ2) is 18.5. The van der Waals surface area contributed by atoms with Crippen LogP contribution in [0.3, 0.4) is 0 Å². The Morgan fingerprint density at radius 1 is 0.792 bits per heavy atom. The van der Waals surface area contributed by atoms with Crippen LogP contribution in [0.25, 0.3) is 0 Å². The van der Waals surface area contributed by atoms with Gasteiger partial charge in [0.1, 0.15) is 0 Å². The lowest BCUT2D eigenvalue weighted by molar-refractivity contribution is -0.142. The second-order valence-electron chi connectivity index (χ2n) is 6.92. The minimum Gasteiger partial charge on any atom is -0.481 e. The Morgan fingerprint density at radius 2 is 1.29 bits per heavy atom. The first-order valence-corrected chi connectivity index (χ1v) is 10.2. The van der Waals surface area contributed by atoms with Crippen LogP contribution in [-0.4, -0.2) is 22.8 Å². The van der Waals surface area contributed by atoms with Gasteiger partial charge in [0.25, 0.3) is 0 Å². The summed E-state index contributed by atoms with van der Waals surface area (Å²) in [5.74, 6) is -0.976. The fraction of sp³-hybridized carbons (Fsp3) is 0.857. The molecule has 1 atom stereocenters. The molecule has 0 saturated carbocycles. The van der Waals surface area contributed by atoms with E-state index in [-0.39, 0.29) is 12.5 Å². The van der Waals surface area contributed by atoms with E-state index in [0.29, 0.717) is 12.8 Å². The molecule has 3 nitrogen and oxygen atoms in total. The van der Waals surface area contributed by atoms with Gasteiger partial charge in [-0.05, 0) is 44.9 Å². The van der Waals surface area contributed by atoms with Gasteiger partial charge in [-0.2, -0.15) is 0 Å². The molecule has 0 fully saturated rings. The number of hydrogen-bond donors (Lipinski definition) is 2. The maximum absolute atomic E-state index is 11.1. The van der Waals surface area contributed by atoms with Gasteiger partial charge >= 0.3 is 5.97 Å². The highest BCUT2D eigenvalue weighted by atomic mass is 16.4. The van der Waals surface area contributed by atoms with Crippen LogP contribution < -0.4 is 0 Å². The molecule has 0 heterocycles. The summed E-state index contributed by atoms with van der Waals surface area (Å²) in [4.78, 5) is 11.1. The molecule has 142 valence electrons. The van der Waals surface area contributed by atoms with Crippen molar-refractivity contribution in [2.24, 2.45) is 5.92 Å². The maximum Gasteiger partial charge on any atom is 0.306 e. The van der Waals surface area contributed by atoms with Gasteiger partial charge in [-0.25, -0.2) is 0 Å². The molecule has 2 N–H and O–H groups in total. The summed E-state index contributed by atoms with van der Waals surface area (Å²) in [5, 5.41) is 17.9. The van der Waals surface area contributed by atoms with Gasteiger partial charge in [-0.3, -0.25) is 4.79 Å². The third-order valence-corrected chi connectivity index (χ3v) is 4.62. The highest BCUT2D eigenvalue weighted by molar-refractivity contribution is 5.69. The van der Waals surface area contributed by atoms with Crippen LogP contribution >= 0.6 is 0 Å². The molecule has 0 aliphatic rings.